The average Bonchev–Trinajstić information content (AvgIpc) is 2.90. The second-order valence-corrected chi connectivity index (χ2v) is 4.93. The van der Waals surface area contributed by atoms with Crippen LogP contribution >= 0.6 is 0 Å². The van der Waals surface area contributed by atoms with Crippen LogP contribution < -0.4 is 4.90 Å². The summed E-state index contributed by atoms with van der Waals surface area (Å²) in [5.74, 6) is -0.319. The SMILES string of the molecule is O/N=C/c1ccc(N2CCC3(CC2)OCCO3)cc1. The van der Waals surface area contributed by atoms with Crippen molar-refractivity contribution in [3.8, 4) is 0 Å². The molecule has 5 heteroatoms. The highest BCUT2D eigenvalue weighted by Crippen LogP contribution is 2.33. The zero-order chi connectivity index (χ0) is 13.1. The number of oxime groups is 1. The van der Waals surface area contributed by atoms with E-state index in [1.807, 2.05) is 24.3 Å². The van der Waals surface area contributed by atoms with E-state index in [9.17, 15) is 0 Å². The van der Waals surface area contributed by atoms with Crippen LogP contribution in [-0.2, 0) is 9.47 Å². The summed E-state index contributed by atoms with van der Waals surface area (Å²) in [6.07, 6.45) is 3.24. The molecular weight excluding hydrogens is 244 g/mol. The van der Waals surface area contributed by atoms with E-state index in [-0.39, 0.29) is 5.79 Å². The third kappa shape index (κ3) is 2.57. The van der Waals surface area contributed by atoms with Gasteiger partial charge in [0.2, 0.25) is 0 Å². The van der Waals surface area contributed by atoms with Gasteiger partial charge >= 0.3 is 0 Å². The Hall–Kier alpha value is -1.59. The molecular formula is C14H18N2O3. The summed E-state index contributed by atoms with van der Waals surface area (Å²) in [5, 5.41) is 11.5. The molecule has 0 bridgehead atoms. The van der Waals surface area contributed by atoms with Crippen molar-refractivity contribution in [1.82, 2.24) is 0 Å². The van der Waals surface area contributed by atoms with Crippen LogP contribution in [0.15, 0.2) is 29.4 Å². The van der Waals surface area contributed by atoms with Gasteiger partial charge in [0.25, 0.3) is 0 Å². The highest BCUT2D eigenvalue weighted by Gasteiger charge is 2.39. The minimum absolute atomic E-state index is 0.319. The molecule has 19 heavy (non-hydrogen) atoms. The van der Waals surface area contributed by atoms with E-state index in [2.05, 4.69) is 10.1 Å². The molecule has 1 aromatic rings. The Morgan fingerprint density at radius 3 is 2.32 bits per heavy atom. The minimum Gasteiger partial charge on any atom is -0.411 e. The number of nitrogens with zero attached hydrogens (tertiary/aromatic N) is 2. The second-order valence-electron chi connectivity index (χ2n) is 4.93. The standard InChI is InChI=1S/C14H18N2O3/c17-15-11-12-1-3-13(4-2-12)16-7-5-14(6-8-16)18-9-10-19-14/h1-4,11,17H,5-10H2/b15-11+. The smallest absolute Gasteiger partial charge is 0.171 e. The van der Waals surface area contributed by atoms with Gasteiger partial charge in [0.1, 0.15) is 0 Å². The lowest BCUT2D eigenvalue weighted by atomic mass is 10.0. The quantitative estimate of drug-likeness (QED) is 0.502. The lowest BCUT2D eigenvalue weighted by molar-refractivity contribution is -0.169. The maximum Gasteiger partial charge on any atom is 0.171 e. The Balaban J connectivity index is 1.64. The van der Waals surface area contributed by atoms with Crippen molar-refractivity contribution in [2.45, 2.75) is 18.6 Å². The van der Waals surface area contributed by atoms with E-state index < -0.39 is 0 Å². The molecule has 0 saturated carbocycles. The number of rotatable bonds is 2. The van der Waals surface area contributed by atoms with Crippen molar-refractivity contribution in [2.75, 3.05) is 31.2 Å². The van der Waals surface area contributed by atoms with E-state index in [1.165, 1.54) is 11.9 Å². The summed E-state index contributed by atoms with van der Waals surface area (Å²) in [6, 6.07) is 7.99. The molecule has 2 aliphatic heterocycles. The summed E-state index contributed by atoms with van der Waals surface area (Å²) < 4.78 is 11.4. The molecule has 2 fully saturated rings. The summed E-state index contributed by atoms with van der Waals surface area (Å²) in [5.41, 5.74) is 2.07. The fourth-order valence-corrected chi connectivity index (χ4v) is 2.73. The normalized spacial score (nSPS) is 22.4. The van der Waals surface area contributed by atoms with Gasteiger partial charge in [0.15, 0.2) is 5.79 Å². The largest absolute Gasteiger partial charge is 0.411 e. The van der Waals surface area contributed by atoms with E-state index in [0.29, 0.717) is 0 Å². The number of benzene rings is 1. The molecule has 2 saturated heterocycles. The molecule has 0 amide bonds. The molecule has 102 valence electrons. The van der Waals surface area contributed by atoms with Gasteiger partial charge in [-0.1, -0.05) is 17.3 Å². The van der Waals surface area contributed by atoms with Gasteiger partial charge in [0.05, 0.1) is 19.4 Å². The predicted octanol–water partition coefficient (Wildman–Crippen LogP) is 1.84. The van der Waals surface area contributed by atoms with Gasteiger partial charge in [0, 0.05) is 31.6 Å². The van der Waals surface area contributed by atoms with E-state index in [1.54, 1.807) is 0 Å². The Morgan fingerprint density at radius 2 is 1.74 bits per heavy atom. The molecule has 0 aromatic heterocycles. The number of hydrogen-bond acceptors (Lipinski definition) is 5. The first-order valence-corrected chi connectivity index (χ1v) is 6.62. The number of anilines is 1. The van der Waals surface area contributed by atoms with Gasteiger partial charge in [-0.25, -0.2) is 0 Å². The van der Waals surface area contributed by atoms with Crippen LogP contribution in [-0.4, -0.2) is 43.5 Å². The fourth-order valence-electron chi connectivity index (χ4n) is 2.73. The third-order valence-electron chi connectivity index (χ3n) is 3.80. The van der Waals surface area contributed by atoms with Crippen molar-refractivity contribution in [1.29, 1.82) is 0 Å². The average molecular weight is 262 g/mol. The topological polar surface area (TPSA) is 54.3 Å². The van der Waals surface area contributed by atoms with Crippen molar-refractivity contribution in [3.05, 3.63) is 29.8 Å². The van der Waals surface area contributed by atoms with Gasteiger partial charge in [-0.3, -0.25) is 0 Å². The van der Waals surface area contributed by atoms with Gasteiger partial charge < -0.3 is 19.6 Å². The summed E-state index contributed by atoms with van der Waals surface area (Å²) in [4.78, 5) is 2.33. The molecule has 0 atom stereocenters. The van der Waals surface area contributed by atoms with Crippen LogP contribution in [0.3, 0.4) is 0 Å². The Morgan fingerprint density at radius 1 is 1.11 bits per heavy atom. The van der Waals surface area contributed by atoms with Gasteiger partial charge in [-0.15, -0.1) is 0 Å². The van der Waals surface area contributed by atoms with Crippen LogP contribution in [0.1, 0.15) is 18.4 Å². The lowest BCUT2D eigenvalue weighted by Crippen LogP contribution is -2.45. The molecule has 2 aliphatic rings. The lowest BCUT2D eigenvalue weighted by Gasteiger charge is -2.38. The van der Waals surface area contributed by atoms with Crippen LogP contribution in [0, 0.1) is 0 Å². The van der Waals surface area contributed by atoms with Crippen LogP contribution in [0.25, 0.3) is 0 Å². The van der Waals surface area contributed by atoms with Crippen molar-refractivity contribution >= 4 is 11.9 Å². The van der Waals surface area contributed by atoms with Gasteiger partial charge in [-0.05, 0) is 17.7 Å². The van der Waals surface area contributed by atoms with Crippen molar-refractivity contribution in [2.24, 2.45) is 5.16 Å². The van der Waals surface area contributed by atoms with Crippen LogP contribution in [0.2, 0.25) is 0 Å². The van der Waals surface area contributed by atoms with Crippen molar-refractivity contribution < 1.29 is 14.7 Å². The first-order valence-electron chi connectivity index (χ1n) is 6.62. The molecule has 1 N–H and O–H groups in total. The van der Waals surface area contributed by atoms with E-state index in [4.69, 9.17) is 14.7 Å². The number of ether oxygens (including phenoxy) is 2. The minimum atomic E-state index is -0.319. The maximum atomic E-state index is 8.49. The van der Waals surface area contributed by atoms with E-state index >= 15 is 0 Å². The second kappa shape index (κ2) is 5.19. The Labute approximate surface area is 112 Å². The molecule has 1 spiro atoms. The van der Waals surface area contributed by atoms with Crippen LogP contribution in [0.5, 0.6) is 0 Å². The monoisotopic (exact) mass is 262 g/mol. The molecule has 3 rings (SSSR count). The van der Waals surface area contributed by atoms with Crippen molar-refractivity contribution in [3.63, 3.8) is 0 Å². The molecule has 0 radical (unpaired) electrons. The third-order valence-corrected chi connectivity index (χ3v) is 3.80. The highest BCUT2D eigenvalue weighted by atomic mass is 16.7. The van der Waals surface area contributed by atoms with Gasteiger partial charge in [-0.2, -0.15) is 0 Å². The summed E-state index contributed by atoms with van der Waals surface area (Å²) in [7, 11) is 0. The van der Waals surface area contributed by atoms with E-state index in [0.717, 1.165) is 44.7 Å². The fraction of sp³-hybridized carbons (Fsp3) is 0.500. The Bertz CT molecular complexity index is 442. The summed E-state index contributed by atoms with van der Waals surface area (Å²) >= 11 is 0. The first-order chi connectivity index (χ1) is 9.31. The molecule has 1 aromatic carbocycles. The molecule has 0 aliphatic carbocycles. The molecule has 0 unspecified atom stereocenters. The maximum absolute atomic E-state index is 8.49. The molecule has 5 nitrogen and oxygen atoms in total. The number of piperidine rings is 1. The van der Waals surface area contributed by atoms with Crippen LogP contribution in [0.4, 0.5) is 5.69 Å². The summed E-state index contributed by atoms with van der Waals surface area (Å²) in [6.45, 7) is 3.31. The number of hydrogen-bond donors (Lipinski definition) is 1. The Kier molecular flexibility index (Phi) is 3.40. The predicted molar refractivity (Wildman–Crippen MR) is 71.9 cm³/mol. The molecule has 2 heterocycles. The zero-order valence-electron chi connectivity index (χ0n) is 10.8. The zero-order valence-corrected chi connectivity index (χ0v) is 10.8. The highest BCUT2D eigenvalue weighted by molar-refractivity contribution is 5.79. The first kappa shape index (κ1) is 12.4.